The lowest BCUT2D eigenvalue weighted by Crippen LogP contribution is -2.24. The van der Waals surface area contributed by atoms with Crippen LogP contribution in [-0.4, -0.2) is 19.5 Å². The number of pyridine rings is 1. The van der Waals surface area contributed by atoms with Crippen LogP contribution < -0.4 is 5.56 Å². The van der Waals surface area contributed by atoms with Gasteiger partial charge in [0.2, 0.25) is 0 Å². The number of para-hydroxylation sites is 1. The summed E-state index contributed by atoms with van der Waals surface area (Å²) in [4.78, 5) is 14.9. The Balaban J connectivity index is 2.11. The normalized spacial score (nSPS) is 18.2. The largest absolute Gasteiger partial charge is 0.506 e. The number of benzene rings is 1. The molecule has 20 heavy (non-hydrogen) atoms. The van der Waals surface area contributed by atoms with Crippen LogP contribution in [0.15, 0.2) is 34.0 Å². The van der Waals surface area contributed by atoms with Crippen molar-refractivity contribution in [1.82, 2.24) is 4.98 Å². The molecule has 1 aliphatic rings. The fourth-order valence-corrected chi connectivity index (χ4v) is 4.47. The molecule has 1 heterocycles. The van der Waals surface area contributed by atoms with E-state index in [1.165, 1.54) is 0 Å². The first kappa shape index (κ1) is 13.4. The summed E-state index contributed by atoms with van der Waals surface area (Å²) in [7, 11) is -1.44. The lowest BCUT2D eigenvalue weighted by molar-refractivity contribution is 0.462. The van der Waals surface area contributed by atoms with Crippen molar-refractivity contribution >= 4 is 21.7 Å². The Kier molecular flexibility index (Phi) is 3.61. The molecular formula is C15H17NO3S. The predicted octanol–water partition coefficient (Wildman–Crippen LogP) is 2.67. The molecule has 2 aromatic rings. The van der Waals surface area contributed by atoms with E-state index in [4.69, 9.17) is 0 Å². The van der Waals surface area contributed by atoms with E-state index in [-0.39, 0.29) is 15.9 Å². The van der Waals surface area contributed by atoms with Gasteiger partial charge in [-0.3, -0.25) is 9.00 Å². The van der Waals surface area contributed by atoms with Crippen molar-refractivity contribution in [2.24, 2.45) is 0 Å². The van der Waals surface area contributed by atoms with Gasteiger partial charge in [-0.25, -0.2) is 0 Å². The molecule has 1 atom stereocenters. The maximum absolute atomic E-state index is 12.6. The van der Waals surface area contributed by atoms with E-state index in [1.807, 2.05) is 0 Å². The second kappa shape index (κ2) is 5.40. The minimum Gasteiger partial charge on any atom is -0.506 e. The van der Waals surface area contributed by atoms with Crippen molar-refractivity contribution in [2.75, 3.05) is 0 Å². The molecule has 2 N–H and O–H groups in total. The number of nitrogens with one attached hydrogen (secondary N) is 1. The summed E-state index contributed by atoms with van der Waals surface area (Å²) < 4.78 is 12.6. The number of rotatable bonds is 2. The minimum absolute atomic E-state index is 0.0167. The summed E-state index contributed by atoms with van der Waals surface area (Å²) >= 11 is 0. The molecule has 1 unspecified atom stereocenters. The summed E-state index contributed by atoms with van der Waals surface area (Å²) in [5.41, 5.74) is 0.129. The Labute approximate surface area is 119 Å². The summed E-state index contributed by atoms with van der Waals surface area (Å²) in [6, 6.07) is 7.02. The predicted molar refractivity (Wildman–Crippen MR) is 79.5 cm³/mol. The molecule has 1 aromatic heterocycles. The average molecular weight is 291 g/mol. The molecule has 1 fully saturated rings. The molecule has 4 nitrogen and oxygen atoms in total. The van der Waals surface area contributed by atoms with E-state index in [1.54, 1.807) is 24.3 Å². The number of fused-ring (bicyclic) bond motifs is 1. The van der Waals surface area contributed by atoms with Gasteiger partial charge in [0.1, 0.15) is 10.6 Å². The lowest BCUT2D eigenvalue weighted by Gasteiger charge is -2.21. The monoisotopic (exact) mass is 291 g/mol. The standard InChI is InChI=1S/C15H17NO3S/c17-13-11-8-4-5-9-12(11)16-15(18)14(13)20(19)10-6-2-1-3-7-10/h4-5,8-10H,1-3,6-7H2,(H2,16,17,18). The first-order chi connectivity index (χ1) is 9.68. The highest BCUT2D eigenvalue weighted by Crippen LogP contribution is 2.31. The van der Waals surface area contributed by atoms with Crippen LogP contribution in [0.25, 0.3) is 10.9 Å². The van der Waals surface area contributed by atoms with Gasteiger partial charge in [-0.05, 0) is 25.0 Å². The maximum Gasteiger partial charge on any atom is 0.268 e. The summed E-state index contributed by atoms with van der Waals surface area (Å²) in [6.07, 6.45) is 4.97. The number of H-pyrrole nitrogens is 1. The van der Waals surface area contributed by atoms with Gasteiger partial charge in [-0.2, -0.15) is 0 Å². The minimum atomic E-state index is -1.44. The molecule has 0 radical (unpaired) electrons. The Morgan fingerprint density at radius 3 is 2.60 bits per heavy atom. The van der Waals surface area contributed by atoms with Crippen molar-refractivity contribution in [2.45, 2.75) is 42.2 Å². The molecule has 0 saturated heterocycles. The molecule has 0 aliphatic heterocycles. The van der Waals surface area contributed by atoms with Crippen molar-refractivity contribution < 1.29 is 9.32 Å². The zero-order chi connectivity index (χ0) is 14.1. The summed E-state index contributed by atoms with van der Waals surface area (Å²) in [6.45, 7) is 0. The van der Waals surface area contributed by atoms with E-state index in [2.05, 4.69) is 4.98 Å². The Morgan fingerprint density at radius 2 is 1.85 bits per heavy atom. The van der Waals surface area contributed by atoms with Crippen LogP contribution in [0.2, 0.25) is 0 Å². The number of hydrogen-bond acceptors (Lipinski definition) is 3. The van der Waals surface area contributed by atoms with Gasteiger partial charge in [0.05, 0.1) is 16.3 Å². The molecule has 5 heteroatoms. The zero-order valence-electron chi connectivity index (χ0n) is 11.1. The number of aromatic amines is 1. The fraction of sp³-hybridized carbons (Fsp3) is 0.400. The van der Waals surface area contributed by atoms with Crippen molar-refractivity contribution in [3.8, 4) is 5.75 Å². The maximum atomic E-state index is 12.6. The number of aromatic nitrogens is 1. The molecule has 1 saturated carbocycles. The van der Waals surface area contributed by atoms with Gasteiger partial charge >= 0.3 is 0 Å². The van der Waals surface area contributed by atoms with Gasteiger partial charge in [0, 0.05) is 10.6 Å². The molecule has 1 aromatic carbocycles. The molecule has 0 spiro atoms. The number of hydrogen-bond donors (Lipinski definition) is 2. The second-order valence-corrected chi connectivity index (χ2v) is 6.90. The SMILES string of the molecule is O=c1[nH]c2ccccc2c(O)c1S(=O)C1CCCCC1. The highest BCUT2D eigenvalue weighted by atomic mass is 32.2. The van der Waals surface area contributed by atoms with Crippen LogP contribution in [0.3, 0.4) is 0 Å². The van der Waals surface area contributed by atoms with Crippen LogP contribution in [0, 0.1) is 0 Å². The molecule has 106 valence electrons. The third-order valence-corrected chi connectivity index (χ3v) is 5.77. The lowest BCUT2D eigenvalue weighted by atomic mass is 10.0. The Morgan fingerprint density at radius 1 is 1.15 bits per heavy atom. The van der Waals surface area contributed by atoms with E-state index >= 15 is 0 Å². The van der Waals surface area contributed by atoms with Crippen molar-refractivity contribution in [3.63, 3.8) is 0 Å². The first-order valence-electron chi connectivity index (χ1n) is 6.93. The molecule has 3 rings (SSSR count). The third-order valence-electron chi connectivity index (χ3n) is 3.91. The highest BCUT2D eigenvalue weighted by molar-refractivity contribution is 7.85. The van der Waals surface area contributed by atoms with Crippen LogP contribution in [0.5, 0.6) is 5.75 Å². The van der Waals surface area contributed by atoms with Gasteiger partial charge in [0.15, 0.2) is 0 Å². The molecule has 0 amide bonds. The van der Waals surface area contributed by atoms with Crippen LogP contribution in [0.4, 0.5) is 0 Å². The van der Waals surface area contributed by atoms with E-state index in [9.17, 15) is 14.1 Å². The molecular weight excluding hydrogens is 274 g/mol. The smallest absolute Gasteiger partial charge is 0.268 e. The Hall–Kier alpha value is -1.62. The second-order valence-electron chi connectivity index (χ2n) is 5.23. The van der Waals surface area contributed by atoms with Crippen molar-refractivity contribution in [1.29, 1.82) is 0 Å². The summed E-state index contributed by atoms with van der Waals surface area (Å²) in [5.74, 6) is -0.131. The van der Waals surface area contributed by atoms with Crippen LogP contribution in [0.1, 0.15) is 32.1 Å². The molecule has 1 aliphatic carbocycles. The van der Waals surface area contributed by atoms with Gasteiger partial charge in [-0.1, -0.05) is 31.4 Å². The Bertz CT molecular complexity index is 717. The molecule has 0 bridgehead atoms. The summed E-state index contributed by atoms with van der Waals surface area (Å²) in [5, 5.41) is 10.8. The quantitative estimate of drug-likeness (QED) is 0.893. The fourth-order valence-electron chi connectivity index (χ4n) is 2.84. The average Bonchev–Trinajstić information content (AvgIpc) is 2.48. The van der Waals surface area contributed by atoms with Crippen LogP contribution >= 0.6 is 0 Å². The zero-order valence-corrected chi connectivity index (χ0v) is 11.9. The van der Waals surface area contributed by atoms with E-state index < -0.39 is 16.4 Å². The van der Waals surface area contributed by atoms with E-state index in [0.29, 0.717) is 10.9 Å². The number of aromatic hydroxyl groups is 1. The van der Waals surface area contributed by atoms with Crippen LogP contribution in [-0.2, 0) is 10.8 Å². The van der Waals surface area contributed by atoms with E-state index in [0.717, 1.165) is 32.1 Å². The van der Waals surface area contributed by atoms with Gasteiger partial charge in [0.25, 0.3) is 5.56 Å². The topological polar surface area (TPSA) is 70.2 Å². The first-order valence-corrected chi connectivity index (χ1v) is 8.14. The van der Waals surface area contributed by atoms with Crippen molar-refractivity contribution in [3.05, 3.63) is 34.6 Å². The highest BCUT2D eigenvalue weighted by Gasteiger charge is 2.26. The van der Waals surface area contributed by atoms with Gasteiger partial charge in [-0.15, -0.1) is 0 Å². The van der Waals surface area contributed by atoms with Gasteiger partial charge < -0.3 is 10.1 Å². The third kappa shape index (κ3) is 2.26.